The van der Waals surface area contributed by atoms with E-state index in [-0.39, 0.29) is 23.2 Å². The Labute approximate surface area is 108 Å². The molecule has 0 spiro atoms. The Bertz CT molecular complexity index is 315. The van der Waals surface area contributed by atoms with Gasteiger partial charge in [0.15, 0.2) is 0 Å². The van der Waals surface area contributed by atoms with Crippen molar-refractivity contribution in [2.45, 2.75) is 45.6 Å². The number of amides is 1. The van der Waals surface area contributed by atoms with Gasteiger partial charge in [0.25, 0.3) is 0 Å². The molecule has 0 aromatic rings. The summed E-state index contributed by atoms with van der Waals surface area (Å²) < 4.78 is 0. The van der Waals surface area contributed by atoms with Crippen LogP contribution in [0.2, 0.25) is 0 Å². The van der Waals surface area contributed by atoms with E-state index in [1.165, 1.54) is 0 Å². The second kappa shape index (κ2) is 6.58. The Morgan fingerprint density at radius 1 is 1.67 bits per heavy atom. The van der Waals surface area contributed by atoms with E-state index < -0.39 is 0 Å². The zero-order valence-electron chi connectivity index (χ0n) is 11.2. The molecule has 0 aromatic carbocycles. The molecule has 0 radical (unpaired) electrons. The Balaban J connectivity index is 2.10. The van der Waals surface area contributed by atoms with Crippen LogP contribution >= 0.6 is 0 Å². The van der Waals surface area contributed by atoms with Crippen LogP contribution in [-0.4, -0.2) is 36.1 Å². The van der Waals surface area contributed by atoms with E-state index in [0.29, 0.717) is 6.42 Å². The summed E-state index contributed by atoms with van der Waals surface area (Å²) in [5, 5.41) is 17.9. The third-order valence-corrected chi connectivity index (χ3v) is 3.43. The van der Waals surface area contributed by atoms with Crippen LogP contribution in [0.3, 0.4) is 0 Å². The van der Waals surface area contributed by atoms with Crippen LogP contribution in [0, 0.1) is 5.41 Å². The maximum Gasteiger partial charge on any atom is 0.220 e. The minimum absolute atomic E-state index is 0.148. The van der Waals surface area contributed by atoms with Crippen molar-refractivity contribution in [1.29, 1.82) is 0 Å². The minimum atomic E-state index is -0.280. The molecule has 1 saturated heterocycles. The molecular weight excluding hydrogens is 232 g/mol. The van der Waals surface area contributed by atoms with Gasteiger partial charge in [0, 0.05) is 24.4 Å². The molecule has 0 aromatic heterocycles. The van der Waals surface area contributed by atoms with Crippen molar-refractivity contribution in [3.8, 4) is 0 Å². The molecule has 1 atom stereocenters. The SMILES string of the molecule is CC(C)(CCCNCC1CCC(=O)N1)C(N)=NO. The van der Waals surface area contributed by atoms with Gasteiger partial charge in [-0.3, -0.25) is 4.79 Å². The molecular formula is C12H24N4O2. The number of amidine groups is 1. The van der Waals surface area contributed by atoms with E-state index >= 15 is 0 Å². The van der Waals surface area contributed by atoms with Crippen LogP contribution in [-0.2, 0) is 4.79 Å². The van der Waals surface area contributed by atoms with Gasteiger partial charge in [0.05, 0.1) is 0 Å². The molecule has 1 heterocycles. The maximum atomic E-state index is 11.0. The van der Waals surface area contributed by atoms with E-state index in [4.69, 9.17) is 10.9 Å². The zero-order chi connectivity index (χ0) is 13.6. The van der Waals surface area contributed by atoms with Crippen molar-refractivity contribution in [2.75, 3.05) is 13.1 Å². The summed E-state index contributed by atoms with van der Waals surface area (Å²) in [4.78, 5) is 11.0. The molecule has 0 bridgehead atoms. The van der Waals surface area contributed by atoms with Gasteiger partial charge >= 0.3 is 0 Å². The van der Waals surface area contributed by atoms with Gasteiger partial charge in [-0.2, -0.15) is 0 Å². The van der Waals surface area contributed by atoms with Crippen molar-refractivity contribution in [1.82, 2.24) is 10.6 Å². The monoisotopic (exact) mass is 256 g/mol. The molecule has 0 aliphatic carbocycles. The third kappa shape index (κ3) is 4.52. The minimum Gasteiger partial charge on any atom is -0.409 e. The summed E-state index contributed by atoms with van der Waals surface area (Å²) in [5.41, 5.74) is 5.33. The zero-order valence-corrected chi connectivity index (χ0v) is 11.2. The lowest BCUT2D eigenvalue weighted by atomic mass is 9.86. The molecule has 104 valence electrons. The van der Waals surface area contributed by atoms with Crippen molar-refractivity contribution < 1.29 is 10.0 Å². The van der Waals surface area contributed by atoms with Gasteiger partial charge in [-0.05, 0) is 25.8 Å². The second-order valence-electron chi connectivity index (χ2n) is 5.48. The Morgan fingerprint density at radius 2 is 2.39 bits per heavy atom. The predicted molar refractivity (Wildman–Crippen MR) is 70.5 cm³/mol. The fraction of sp³-hybridized carbons (Fsp3) is 0.833. The van der Waals surface area contributed by atoms with Crippen LogP contribution in [0.5, 0.6) is 0 Å². The van der Waals surface area contributed by atoms with Crippen LogP contribution < -0.4 is 16.4 Å². The predicted octanol–water partition coefficient (Wildman–Crippen LogP) is 0.407. The summed E-state index contributed by atoms with van der Waals surface area (Å²) in [6.45, 7) is 5.60. The Kier molecular flexibility index (Phi) is 5.40. The third-order valence-electron chi connectivity index (χ3n) is 3.43. The number of nitrogens with two attached hydrogens (primary N) is 1. The molecule has 1 fully saturated rings. The quantitative estimate of drug-likeness (QED) is 0.174. The van der Waals surface area contributed by atoms with Crippen LogP contribution in [0.4, 0.5) is 0 Å². The van der Waals surface area contributed by atoms with E-state index in [1.807, 2.05) is 13.8 Å². The van der Waals surface area contributed by atoms with E-state index in [9.17, 15) is 4.79 Å². The van der Waals surface area contributed by atoms with Gasteiger partial charge in [-0.25, -0.2) is 0 Å². The number of carbonyl (C=O) groups is 1. The number of nitrogens with one attached hydrogen (secondary N) is 2. The first-order valence-electron chi connectivity index (χ1n) is 6.44. The first kappa shape index (κ1) is 14.8. The summed E-state index contributed by atoms with van der Waals surface area (Å²) in [6, 6.07) is 0.273. The van der Waals surface area contributed by atoms with Crippen molar-refractivity contribution >= 4 is 11.7 Å². The lowest BCUT2D eigenvalue weighted by Crippen LogP contribution is -2.37. The molecule has 1 aliphatic heterocycles. The fourth-order valence-electron chi connectivity index (χ4n) is 2.03. The highest BCUT2D eigenvalue weighted by Gasteiger charge is 2.23. The number of hydrogen-bond donors (Lipinski definition) is 4. The van der Waals surface area contributed by atoms with Gasteiger partial charge < -0.3 is 21.6 Å². The number of hydrogen-bond acceptors (Lipinski definition) is 4. The highest BCUT2D eigenvalue weighted by molar-refractivity contribution is 5.85. The molecule has 1 unspecified atom stereocenters. The highest BCUT2D eigenvalue weighted by atomic mass is 16.4. The molecule has 1 amide bonds. The molecule has 18 heavy (non-hydrogen) atoms. The van der Waals surface area contributed by atoms with Crippen LogP contribution in [0.15, 0.2) is 5.16 Å². The first-order chi connectivity index (χ1) is 8.45. The van der Waals surface area contributed by atoms with E-state index in [1.54, 1.807) is 0 Å². The highest BCUT2D eigenvalue weighted by Crippen LogP contribution is 2.21. The molecule has 1 rings (SSSR count). The lowest BCUT2D eigenvalue weighted by Gasteiger charge is -2.22. The average molecular weight is 256 g/mol. The fourth-order valence-corrected chi connectivity index (χ4v) is 2.03. The number of rotatable bonds is 7. The average Bonchev–Trinajstić information content (AvgIpc) is 2.73. The largest absolute Gasteiger partial charge is 0.409 e. The summed E-state index contributed by atoms with van der Waals surface area (Å²) in [5.74, 6) is 0.417. The molecule has 6 heteroatoms. The Hall–Kier alpha value is -1.30. The number of oxime groups is 1. The first-order valence-corrected chi connectivity index (χ1v) is 6.44. The van der Waals surface area contributed by atoms with Gasteiger partial charge in [-0.15, -0.1) is 0 Å². The number of nitrogens with zero attached hydrogens (tertiary/aromatic N) is 1. The molecule has 1 aliphatic rings. The molecule has 6 nitrogen and oxygen atoms in total. The molecule has 5 N–H and O–H groups in total. The van der Waals surface area contributed by atoms with Gasteiger partial charge in [-0.1, -0.05) is 19.0 Å². The summed E-state index contributed by atoms with van der Waals surface area (Å²) >= 11 is 0. The van der Waals surface area contributed by atoms with Gasteiger partial charge in [0.2, 0.25) is 5.91 Å². The maximum absolute atomic E-state index is 11.0. The van der Waals surface area contributed by atoms with E-state index in [0.717, 1.165) is 32.4 Å². The van der Waals surface area contributed by atoms with Gasteiger partial charge in [0.1, 0.15) is 5.84 Å². The van der Waals surface area contributed by atoms with Crippen molar-refractivity contribution in [3.63, 3.8) is 0 Å². The topological polar surface area (TPSA) is 99.7 Å². The van der Waals surface area contributed by atoms with Crippen molar-refractivity contribution in [3.05, 3.63) is 0 Å². The summed E-state index contributed by atoms with van der Waals surface area (Å²) in [7, 11) is 0. The van der Waals surface area contributed by atoms with Crippen molar-refractivity contribution in [2.24, 2.45) is 16.3 Å². The smallest absolute Gasteiger partial charge is 0.220 e. The Morgan fingerprint density at radius 3 is 2.94 bits per heavy atom. The summed E-state index contributed by atoms with van der Waals surface area (Å²) in [6.07, 6.45) is 3.36. The second-order valence-corrected chi connectivity index (χ2v) is 5.48. The van der Waals surface area contributed by atoms with E-state index in [2.05, 4.69) is 15.8 Å². The molecule has 0 saturated carbocycles. The van der Waals surface area contributed by atoms with Crippen LogP contribution in [0.1, 0.15) is 39.5 Å². The number of carbonyl (C=O) groups excluding carboxylic acids is 1. The van der Waals surface area contributed by atoms with Crippen LogP contribution in [0.25, 0.3) is 0 Å². The lowest BCUT2D eigenvalue weighted by molar-refractivity contribution is -0.119. The normalized spacial score (nSPS) is 21.1. The standard InChI is InChI=1S/C12H24N4O2/c1-12(2,11(13)16-18)6-3-7-14-8-9-4-5-10(17)15-9/h9,14,18H,3-8H2,1-2H3,(H2,13,16)(H,15,17).